The number of hydrogen-bond donors (Lipinski definition) is 2. The average molecular weight is 463 g/mol. The largest absolute Gasteiger partial charge is 0.460 e. The molecule has 2 amide bonds. The van der Waals surface area contributed by atoms with Crippen molar-refractivity contribution in [2.24, 2.45) is 0 Å². The van der Waals surface area contributed by atoms with Gasteiger partial charge in [0.15, 0.2) is 5.75 Å². The number of β-amino-alcohol motifs (C(OH)–C–C–N with tert-alkyl or cyclic N) is 1. The molecular weight excluding hydrogens is 436 g/mol. The molecule has 9 heteroatoms. The van der Waals surface area contributed by atoms with Gasteiger partial charge in [-0.2, -0.15) is 5.10 Å². The van der Waals surface area contributed by atoms with Gasteiger partial charge in [0.2, 0.25) is 0 Å². The van der Waals surface area contributed by atoms with Crippen LogP contribution in [0.4, 0.5) is 0 Å². The van der Waals surface area contributed by atoms with Gasteiger partial charge in [-0.15, -0.1) is 0 Å². The van der Waals surface area contributed by atoms with Crippen molar-refractivity contribution >= 4 is 28.3 Å². The van der Waals surface area contributed by atoms with E-state index < -0.39 is 11.6 Å². The quantitative estimate of drug-likeness (QED) is 0.481. The molecule has 3 aromatic heterocycles. The first-order chi connectivity index (χ1) is 16.1. The lowest BCUT2D eigenvalue weighted by Crippen LogP contribution is -2.69. The van der Waals surface area contributed by atoms with Crippen LogP contribution in [0.5, 0.6) is 11.5 Å². The Morgan fingerprint density at radius 2 is 2.03 bits per heavy atom. The molecule has 0 unspecified atom stereocenters. The predicted molar refractivity (Wildman–Crippen MR) is 125 cm³/mol. The molecule has 1 aromatic carbocycles. The van der Waals surface area contributed by atoms with Crippen molar-refractivity contribution in [3.63, 3.8) is 0 Å². The Bertz CT molecular complexity index is 1470. The topological polar surface area (TPSA) is 109 Å². The number of rotatable bonds is 4. The first-order valence-corrected chi connectivity index (χ1v) is 11.0. The summed E-state index contributed by atoms with van der Waals surface area (Å²) in [5.74, 6) is 1.22. The van der Waals surface area contributed by atoms with Crippen molar-refractivity contribution < 1.29 is 23.8 Å². The van der Waals surface area contributed by atoms with E-state index in [1.54, 1.807) is 60.0 Å². The molecule has 4 heterocycles. The van der Waals surface area contributed by atoms with Gasteiger partial charge in [0.05, 0.1) is 29.0 Å². The molecule has 0 saturated carbocycles. The van der Waals surface area contributed by atoms with E-state index in [0.717, 1.165) is 5.56 Å². The summed E-state index contributed by atoms with van der Waals surface area (Å²) in [6.45, 7) is 7.60. The summed E-state index contributed by atoms with van der Waals surface area (Å²) >= 11 is 0. The second-order valence-corrected chi connectivity index (χ2v) is 9.11. The number of nitrogens with one attached hydrogen (secondary N) is 1. The predicted octanol–water partition coefficient (Wildman–Crippen LogP) is 3.44. The smallest absolute Gasteiger partial charge is 0.256 e. The fourth-order valence-electron chi connectivity index (χ4n) is 4.51. The van der Waals surface area contributed by atoms with Crippen LogP contribution in [0.15, 0.2) is 41.1 Å². The Kier molecular flexibility index (Phi) is 4.91. The second-order valence-electron chi connectivity index (χ2n) is 9.11. The number of amides is 2. The lowest BCUT2D eigenvalue weighted by atomic mass is 9.84. The molecule has 0 bridgehead atoms. The third kappa shape index (κ3) is 3.15. The summed E-state index contributed by atoms with van der Waals surface area (Å²) in [6, 6.07) is 7.04. The van der Waals surface area contributed by atoms with Crippen molar-refractivity contribution in [1.82, 2.24) is 19.8 Å². The minimum absolute atomic E-state index is 0.154. The van der Waals surface area contributed by atoms with Crippen molar-refractivity contribution in [2.45, 2.75) is 39.3 Å². The Morgan fingerprint density at radius 3 is 2.71 bits per heavy atom. The molecule has 34 heavy (non-hydrogen) atoms. The zero-order valence-electron chi connectivity index (χ0n) is 19.7. The fourth-order valence-corrected chi connectivity index (χ4v) is 4.51. The average Bonchev–Trinajstić information content (AvgIpc) is 3.32. The van der Waals surface area contributed by atoms with Gasteiger partial charge in [0.1, 0.15) is 22.6 Å². The highest BCUT2D eigenvalue weighted by Crippen LogP contribution is 2.36. The van der Waals surface area contributed by atoms with Crippen LogP contribution in [-0.4, -0.2) is 56.7 Å². The van der Waals surface area contributed by atoms with Crippen LogP contribution in [0.3, 0.4) is 0 Å². The molecule has 176 valence electrons. The first-order valence-electron chi connectivity index (χ1n) is 11.0. The Labute approximate surface area is 195 Å². The molecule has 1 saturated heterocycles. The minimum Gasteiger partial charge on any atom is -0.460 e. The van der Waals surface area contributed by atoms with E-state index >= 15 is 0 Å². The standard InChI is InChI=1S/C25H26N4O5/c1-13-17(24(32)28-12-20(30)25(28,3)4)11-29-22(13)18(8-9-27-29)34-15-6-7-16-19(10-15)33-14(2)21(16)23(31)26-5/h6-11,20,30H,12H2,1-5H3,(H,26,31)/t20-/m1/s1. The molecule has 1 aliphatic heterocycles. The van der Waals surface area contributed by atoms with Crippen LogP contribution in [0.2, 0.25) is 0 Å². The number of likely N-dealkylation sites (tertiary alicyclic amines) is 1. The Hall–Kier alpha value is -3.85. The van der Waals surface area contributed by atoms with Crippen LogP contribution in [0.1, 0.15) is 45.9 Å². The second kappa shape index (κ2) is 7.59. The van der Waals surface area contributed by atoms with Gasteiger partial charge in [-0.3, -0.25) is 9.59 Å². The summed E-state index contributed by atoms with van der Waals surface area (Å²) in [6.07, 6.45) is 2.75. The highest BCUT2D eigenvalue weighted by molar-refractivity contribution is 6.07. The van der Waals surface area contributed by atoms with Gasteiger partial charge in [-0.1, -0.05) is 0 Å². The van der Waals surface area contributed by atoms with E-state index in [9.17, 15) is 14.7 Å². The molecule has 2 N–H and O–H groups in total. The Balaban J connectivity index is 1.51. The molecule has 0 aliphatic carbocycles. The van der Waals surface area contributed by atoms with E-state index in [2.05, 4.69) is 10.4 Å². The number of carbonyl (C=O) groups excluding carboxylic acids is 2. The minimum atomic E-state index is -0.617. The number of fused-ring (bicyclic) bond motifs is 2. The summed E-state index contributed by atoms with van der Waals surface area (Å²) in [5, 5.41) is 17.7. The van der Waals surface area contributed by atoms with E-state index in [1.807, 2.05) is 20.8 Å². The van der Waals surface area contributed by atoms with Crippen molar-refractivity contribution in [3.8, 4) is 11.5 Å². The molecule has 1 fully saturated rings. The first kappa shape index (κ1) is 22.0. The van der Waals surface area contributed by atoms with Crippen molar-refractivity contribution in [1.29, 1.82) is 0 Å². The van der Waals surface area contributed by atoms with Gasteiger partial charge in [0, 0.05) is 37.3 Å². The number of aliphatic hydroxyl groups excluding tert-OH is 1. The van der Waals surface area contributed by atoms with E-state index in [-0.39, 0.29) is 11.8 Å². The van der Waals surface area contributed by atoms with Gasteiger partial charge >= 0.3 is 0 Å². The lowest BCUT2D eigenvalue weighted by Gasteiger charge is -2.52. The van der Waals surface area contributed by atoms with Crippen LogP contribution in [0.25, 0.3) is 16.5 Å². The number of carbonyl (C=O) groups is 2. The lowest BCUT2D eigenvalue weighted by molar-refractivity contribution is -0.0928. The number of furan rings is 1. The van der Waals surface area contributed by atoms with Gasteiger partial charge < -0.3 is 24.5 Å². The normalized spacial score (nSPS) is 17.1. The molecular formula is C25H26N4O5. The van der Waals surface area contributed by atoms with E-state index in [4.69, 9.17) is 9.15 Å². The fraction of sp³-hybridized carbons (Fsp3) is 0.320. The highest BCUT2D eigenvalue weighted by Gasteiger charge is 2.48. The van der Waals surface area contributed by atoms with Crippen molar-refractivity contribution in [3.05, 3.63) is 59.1 Å². The molecule has 0 radical (unpaired) electrons. The van der Waals surface area contributed by atoms with Gasteiger partial charge in [-0.05, 0) is 45.4 Å². The zero-order chi connectivity index (χ0) is 24.4. The van der Waals surface area contributed by atoms with E-state index in [1.165, 1.54) is 0 Å². The van der Waals surface area contributed by atoms with Crippen LogP contribution < -0.4 is 10.1 Å². The highest BCUT2D eigenvalue weighted by atomic mass is 16.5. The maximum Gasteiger partial charge on any atom is 0.256 e. The number of ether oxygens (including phenoxy) is 1. The molecule has 1 atom stereocenters. The molecule has 4 aromatic rings. The number of aliphatic hydroxyl groups is 1. The number of nitrogens with zero attached hydrogens (tertiary/aromatic N) is 3. The SMILES string of the molecule is CNC(=O)c1c(C)oc2cc(Oc3ccnn4cc(C(=O)N5C[C@@H](O)C5(C)C)c(C)c34)ccc12. The van der Waals surface area contributed by atoms with Crippen molar-refractivity contribution in [2.75, 3.05) is 13.6 Å². The zero-order valence-corrected chi connectivity index (χ0v) is 19.7. The third-order valence-electron chi connectivity index (χ3n) is 6.75. The van der Waals surface area contributed by atoms with Crippen LogP contribution in [-0.2, 0) is 0 Å². The molecule has 5 rings (SSSR count). The van der Waals surface area contributed by atoms with Gasteiger partial charge in [0.25, 0.3) is 11.8 Å². The van der Waals surface area contributed by atoms with E-state index in [0.29, 0.717) is 51.4 Å². The third-order valence-corrected chi connectivity index (χ3v) is 6.75. The maximum atomic E-state index is 13.2. The molecule has 9 nitrogen and oxygen atoms in total. The summed E-state index contributed by atoms with van der Waals surface area (Å²) in [4.78, 5) is 27.1. The summed E-state index contributed by atoms with van der Waals surface area (Å²) in [7, 11) is 1.58. The van der Waals surface area contributed by atoms with Crippen LogP contribution >= 0.6 is 0 Å². The maximum absolute atomic E-state index is 13.2. The monoisotopic (exact) mass is 462 g/mol. The van der Waals surface area contributed by atoms with Gasteiger partial charge in [-0.25, -0.2) is 4.52 Å². The molecule has 0 spiro atoms. The number of benzene rings is 1. The number of aryl methyl sites for hydroxylation is 2. The summed E-state index contributed by atoms with van der Waals surface area (Å²) < 4.78 is 13.6. The Morgan fingerprint density at radius 1 is 1.26 bits per heavy atom. The number of hydrogen-bond acceptors (Lipinski definition) is 6. The van der Waals surface area contributed by atoms with Crippen LogP contribution in [0, 0.1) is 13.8 Å². The number of aromatic nitrogens is 2. The molecule has 1 aliphatic rings. The summed E-state index contributed by atoms with van der Waals surface area (Å²) in [5.41, 5.74) is 2.35.